The highest BCUT2D eigenvalue weighted by molar-refractivity contribution is 6.22. The fraction of sp³-hybridized carbons (Fsp3) is 0.0545. The third-order valence-corrected chi connectivity index (χ3v) is 12.6. The highest BCUT2D eigenvalue weighted by atomic mass is 16.3. The molecule has 0 N–H and O–H groups in total. The van der Waals surface area contributed by atoms with Crippen molar-refractivity contribution in [2.75, 3.05) is 0 Å². The van der Waals surface area contributed by atoms with Gasteiger partial charge in [0.25, 0.3) is 0 Å². The molecule has 0 amide bonds. The monoisotopic (exact) mass is 712 g/mol. The Bertz CT molecular complexity index is 3380. The van der Waals surface area contributed by atoms with Gasteiger partial charge in [0.1, 0.15) is 11.2 Å². The molecule has 0 bridgehead atoms. The first-order valence-corrected chi connectivity index (χ1v) is 19.6. The maximum Gasteiger partial charge on any atom is 0.143 e. The van der Waals surface area contributed by atoms with Crippen molar-refractivity contribution < 1.29 is 4.42 Å². The van der Waals surface area contributed by atoms with Crippen molar-refractivity contribution in [2.24, 2.45) is 0 Å². The van der Waals surface area contributed by atoms with Crippen LogP contribution in [0, 0.1) is 0 Å². The van der Waals surface area contributed by atoms with Gasteiger partial charge < -0.3 is 4.42 Å². The summed E-state index contributed by atoms with van der Waals surface area (Å²) in [7, 11) is 0. The Kier molecular flexibility index (Phi) is 6.46. The van der Waals surface area contributed by atoms with Crippen molar-refractivity contribution in [1.29, 1.82) is 0 Å². The van der Waals surface area contributed by atoms with Crippen LogP contribution >= 0.6 is 0 Å². The fourth-order valence-corrected chi connectivity index (χ4v) is 10.0. The standard InChI is InChI=1S/C55H36O/c1-55(2)48-23-13-12-18-40(48)46-32-45(54-52(53(46)55)47-30-34-16-6-7-17-35(34)31-49(47)56-54)38-26-24-37-29-39(27-25-36(37)28-38)51-43-21-10-8-19-41(43)50(33-14-4-3-5-15-33)42-20-9-11-22-44(42)51/h3-32H,1-2H3. The Labute approximate surface area is 325 Å². The predicted molar refractivity (Wildman–Crippen MR) is 238 cm³/mol. The largest absolute Gasteiger partial charge is 0.455 e. The molecule has 0 saturated carbocycles. The topological polar surface area (TPSA) is 13.1 Å². The van der Waals surface area contributed by atoms with E-state index >= 15 is 0 Å². The van der Waals surface area contributed by atoms with E-state index in [-0.39, 0.29) is 5.41 Å². The second kappa shape index (κ2) is 11.5. The molecule has 262 valence electrons. The summed E-state index contributed by atoms with van der Waals surface area (Å²) in [5, 5.41) is 12.3. The van der Waals surface area contributed by atoms with Crippen molar-refractivity contribution in [3.63, 3.8) is 0 Å². The molecule has 1 heteroatoms. The molecular formula is C55H36O. The van der Waals surface area contributed by atoms with E-state index in [0.717, 1.165) is 22.3 Å². The molecule has 0 saturated heterocycles. The van der Waals surface area contributed by atoms with Crippen LogP contribution in [0.4, 0.5) is 0 Å². The highest BCUT2D eigenvalue weighted by Gasteiger charge is 2.39. The maximum absolute atomic E-state index is 6.98. The minimum atomic E-state index is -0.168. The van der Waals surface area contributed by atoms with Gasteiger partial charge in [-0.05, 0) is 123 Å². The smallest absolute Gasteiger partial charge is 0.143 e. The van der Waals surface area contributed by atoms with Gasteiger partial charge in [0.05, 0.1) is 0 Å². The van der Waals surface area contributed by atoms with Gasteiger partial charge in [-0.25, -0.2) is 0 Å². The third-order valence-electron chi connectivity index (χ3n) is 12.6. The second-order valence-corrected chi connectivity index (χ2v) is 16.0. The van der Waals surface area contributed by atoms with Crippen molar-refractivity contribution in [1.82, 2.24) is 0 Å². The van der Waals surface area contributed by atoms with Gasteiger partial charge in [0.2, 0.25) is 0 Å². The third kappa shape index (κ3) is 4.37. The lowest BCUT2D eigenvalue weighted by atomic mass is 9.79. The van der Waals surface area contributed by atoms with Crippen LogP contribution in [0.1, 0.15) is 25.0 Å². The van der Waals surface area contributed by atoms with E-state index < -0.39 is 0 Å². The van der Waals surface area contributed by atoms with Crippen molar-refractivity contribution in [2.45, 2.75) is 19.3 Å². The summed E-state index contributed by atoms with van der Waals surface area (Å²) in [4.78, 5) is 0. The van der Waals surface area contributed by atoms with Gasteiger partial charge in [-0.3, -0.25) is 0 Å². The highest BCUT2D eigenvalue weighted by Crippen LogP contribution is 2.55. The number of hydrogen-bond donors (Lipinski definition) is 0. The maximum atomic E-state index is 6.98. The van der Waals surface area contributed by atoms with Crippen LogP contribution in [0.3, 0.4) is 0 Å². The van der Waals surface area contributed by atoms with Gasteiger partial charge in [-0.1, -0.05) is 166 Å². The normalized spacial score (nSPS) is 13.3. The van der Waals surface area contributed by atoms with E-state index in [1.54, 1.807) is 0 Å². The van der Waals surface area contributed by atoms with Crippen LogP contribution in [0.15, 0.2) is 186 Å². The number of furan rings is 1. The summed E-state index contributed by atoms with van der Waals surface area (Å²) in [5.74, 6) is 0. The molecule has 0 radical (unpaired) electrons. The van der Waals surface area contributed by atoms with Crippen LogP contribution in [0.2, 0.25) is 0 Å². The summed E-state index contributed by atoms with van der Waals surface area (Å²) < 4.78 is 6.98. The van der Waals surface area contributed by atoms with Crippen molar-refractivity contribution in [3.05, 3.63) is 193 Å². The molecule has 0 aliphatic heterocycles. The first-order chi connectivity index (χ1) is 27.5. The zero-order chi connectivity index (χ0) is 37.1. The molecule has 10 aromatic carbocycles. The van der Waals surface area contributed by atoms with Gasteiger partial charge in [0, 0.05) is 21.8 Å². The molecule has 56 heavy (non-hydrogen) atoms. The second-order valence-electron chi connectivity index (χ2n) is 16.0. The quantitative estimate of drug-likeness (QED) is 0.166. The molecule has 0 atom stereocenters. The SMILES string of the molecule is CC1(C)c2ccccc2-c2cc(-c3ccc4cc(-c5c6ccccc6c(-c6ccccc6)c6ccccc56)ccc4c3)c3oc4cc5ccccc5cc4c3c21. The average molecular weight is 713 g/mol. The molecule has 1 aromatic heterocycles. The van der Waals surface area contributed by atoms with Gasteiger partial charge in [-0.15, -0.1) is 0 Å². The van der Waals surface area contributed by atoms with Crippen LogP contribution in [-0.4, -0.2) is 0 Å². The zero-order valence-electron chi connectivity index (χ0n) is 31.2. The molecule has 1 aliphatic rings. The molecule has 1 aliphatic carbocycles. The van der Waals surface area contributed by atoms with Crippen LogP contribution in [0.5, 0.6) is 0 Å². The van der Waals surface area contributed by atoms with Crippen LogP contribution < -0.4 is 0 Å². The predicted octanol–water partition coefficient (Wildman–Crippen LogP) is 15.5. The van der Waals surface area contributed by atoms with E-state index in [9.17, 15) is 0 Å². The number of rotatable bonds is 3. The molecule has 0 spiro atoms. The number of benzene rings is 10. The van der Waals surface area contributed by atoms with Crippen LogP contribution in [0.25, 0.3) is 110 Å². The minimum absolute atomic E-state index is 0.168. The first-order valence-electron chi connectivity index (χ1n) is 19.6. The van der Waals surface area contributed by atoms with E-state index in [1.165, 1.54) is 98.4 Å². The molecular weight excluding hydrogens is 677 g/mol. The molecule has 12 rings (SSSR count). The Morgan fingerprint density at radius 1 is 0.375 bits per heavy atom. The summed E-state index contributed by atoms with van der Waals surface area (Å²) in [6.45, 7) is 4.73. The zero-order valence-corrected chi connectivity index (χ0v) is 31.2. The minimum Gasteiger partial charge on any atom is -0.455 e. The van der Waals surface area contributed by atoms with E-state index in [0.29, 0.717) is 0 Å². The molecule has 11 aromatic rings. The lowest BCUT2D eigenvalue weighted by molar-refractivity contribution is 0.657. The van der Waals surface area contributed by atoms with E-state index in [1.807, 2.05) is 0 Å². The van der Waals surface area contributed by atoms with Crippen molar-refractivity contribution in [3.8, 4) is 44.5 Å². The van der Waals surface area contributed by atoms with Crippen molar-refractivity contribution >= 4 is 65.0 Å². The first kappa shape index (κ1) is 31.4. The fourth-order valence-electron chi connectivity index (χ4n) is 10.0. The number of hydrogen-bond acceptors (Lipinski definition) is 1. The summed E-state index contributed by atoms with van der Waals surface area (Å²) in [5.41, 5.74) is 14.4. The summed E-state index contributed by atoms with van der Waals surface area (Å²) >= 11 is 0. The van der Waals surface area contributed by atoms with Gasteiger partial charge >= 0.3 is 0 Å². The average Bonchev–Trinajstić information content (AvgIpc) is 3.72. The molecule has 1 nitrogen and oxygen atoms in total. The van der Waals surface area contributed by atoms with Gasteiger partial charge in [0.15, 0.2) is 0 Å². The summed E-state index contributed by atoms with van der Waals surface area (Å²) in [6.07, 6.45) is 0. The Balaban J connectivity index is 1.08. The molecule has 0 fully saturated rings. The number of fused-ring (bicyclic) bond motifs is 11. The Morgan fingerprint density at radius 2 is 0.911 bits per heavy atom. The Hall–Kier alpha value is -6.96. The van der Waals surface area contributed by atoms with E-state index in [2.05, 4.69) is 196 Å². The summed E-state index contributed by atoms with van der Waals surface area (Å²) in [6, 6.07) is 67.0. The lowest BCUT2D eigenvalue weighted by Crippen LogP contribution is -2.15. The lowest BCUT2D eigenvalue weighted by Gasteiger charge is -2.22. The van der Waals surface area contributed by atoms with Crippen LogP contribution in [-0.2, 0) is 5.41 Å². The molecule has 1 heterocycles. The van der Waals surface area contributed by atoms with E-state index in [4.69, 9.17) is 4.42 Å². The Morgan fingerprint density at radius 3 is 1.61 bits per heavy atom. The van der Waals surface area contributed by atoms with Gasteiger partial charge in [-0.2, -0.15) is 0 Å². The molecule has 0 unspecified atom stereocenters.